The summed E-state index contributed by atoms with van der Waals surface area (Å²) in [5.74, 6) is -1.78. The van der Waals surface area contributed by atoms with Gasteiger partial charge in [-0.3, -0.25) is 10.1 Å². The van der Waals surface area contributed by atoms with Crippen molar-refractivity contribution in [2.75, 3.05) is 0 Å². The molecule has 1 atom stereocenters. The first-order valence-corrected chi connectivity index (χ1v) is 3.44. The van der Waals surface area contributed by atoms with E-state index in [4.69, 9.17) is 28.6 Å². The molecule has 0 spiro atoms. The van der Waals surface area contributed by atoms with Gasteiger partial charge in [-0.05, 0) is 0 Å². The van der Waals surface area contributed by atoms with Gasteiger partial charge in [0.15, 0.2) is 5.38 Å². The minimum atomic E-state index is -1.19. The van der Waals surface area contributed by atoms with Crippen molar-refractivity contribution in [3.63, 3.8) is 0 Å². The maximum atomic E-state index is 12.5. The molecule has 60 valence electrons. The van der Waals surface area contributed by atoms with E-state index < -0.39 is 28.0 Å². The highest BCUT2D eigenvalue weighted by atomic mass is 35.5. The smallest absolute Gasteiger partial charge is 0.250 e. The van der Waals surface area contributed by atoms with Crippen LogP contribution in [-0.2, 0) is 4.79 Å². The largest absolute Gasteiger partial charge is 0.301 e. The first-order valence-electron chi connectivity index (χ1n) is 2.63. The molecule has 3 nitrogen and oxygen atoms in total. The fourth-order valence-electron chi connectivity index (χ4n) is 0.587. The van der Waals surface area contributed by atoms with Gasteiger partial charge in [0.2, 0.25) is 11.9 Å². The maximum absolute atomic E-state index is 12.5. The Morgan fingerprint density at radius 2 is 2.18 bits per heavy atom. The van der Waals surface area contributed by atoms with Crippen LogP contribution in [0.2, 0.25) is 0 Å². The zero-order chi connectivity index (χ0) is 8.59. The highest BCUT2D eigenvalue weighted by Gasteiger charge is 2.30. The SMILES string of the molecule is N=C1C(Cl)=C(F)NC(=O)C1Cl. The van der Waals surface area contributed by atoms with E-state index in [-0.39, 0.29) is 0 Å². The van der Waals surface area contributed by atoms with Crippen LogP contribution < -0.4 is 5.32 Å². The fraction of sp³-hybridized carbons (Fsp3) is 0.200. The molecule has 0 aromatic heterocycles. The van der Waals surface area contributed by atoms with E-state index >= 15 is 0 Å². The molecular formula is C5H3Cl2FN2O. The Morgan fingerprint density at radius 3 is 2.73 bits per heavy atom. The molecule has 11 heavy (non-hydrogen) atoms. The van der Waals surface area contributed by atoms with Crippen LogP contribution in [0.15, 0.2) is 11.0 Å². The molecular weight excluding hydrogens is 194 g/mol. The summed E-state index contributed by atoms with van der Waals surface area (Å²) in [6.07, 6.45) is 0. The van der Waals surface area contributed by atoms with E-state index in [0.717, 1.165) is 0 Å². The Balaban J connectivity index is 3.04. The van der Waals surface area contributed by atoms with E-state index in [1.165, 1.54) is 0 Å². The van der Waals surface area contributed by atoms with Crippen LogP contribution in [0.25, 0.3) is 0 Å². The second-order valence-electron chi connectivity index (χ2n) is 1.89. The molecule has 0 aromatic carbocycles. The van der Waals surface area contributed by atoms with Crippen LogP contribution >= 0.6 is 23.2 Å². The van der Waals surface area contributed by atoms with Crippen LogP contribution in [-0.4, -0.2) is 17.0 Å². The van der Waals surface area contributed by atoms with Crippen molar-refractivity contribution in [3.8, 4) is 0 Å². The lowest BCUT2D eigenvalue weighted by Crippen LogP contribution is -2.40. The van der Waals surface area contributed by atoms with Crippen molar-refractivity contribution in [2.24, 2.45) is 0 Å². The van der Waals surface area contributed by atoms with Crippen molar-refractivity contribution < 1.29 is 9.18 Å². The predicted octanol–water partition coefficient (Wildman–Crippen LogP) is 1.12. The number of hydrogen-bond acceptors (Lipinski definition) is 2. The molecule has 2 N–H and O–H groups in total. The van der Waals surface area contributed by atoms with Crippen LogP contribution in [0.5, 0.6) is 0 Å². The summed E-state index contributed by atoms with van der Waals surface area (Å²) in [7, 11) is 0. The lowest BCUT2D eigenvalue weighted by atomic mass is 10.2. The van der Waals surface area contributed by atoms with Crippen molar-refractivity contribution in [3.05, 3.63) is 11.0 Å². The zero-order valence-corrected chi connectivity index (χ0v) is 6.63. The van der Waals surface area contributed by atoms with Gasteiger partial charge in [-0.25, -0.2) is 0 Å². The number of allylic oxidation sites excluding steroid dienone is 1. The summed E-state index contributed by atoms with van der Waals surface area (Å²) < 4.78 is 12.5. The van der Waals surface area contributed by atoms with Crippen molar-refractivity contribution in [2.45, 2.75) is 5.38 Å². The lowest BCUT2D eigenvalue weighted by Gasteiger charge is -2.16. The van der Waals surface area contributed by atoms with Gasteiger partial charge in [0.05, 0.1) is 5.71 Å². The fourth-order valence-corrected chi connectivity index (χ4v) is 0.963. The first-order chi connectivity index (χ1) is 5.04. The molecule has 1 heterocycles. The van der Waals surface area contributed by atoms with Gasteiger partial charge in [0.25, 0.3) is 0 Å². The standard InChI is InChI=1S/C5H3Cl2FN2O/c6-1-3(9)2(7)5(11)10-4(1)8/h2,9H,(H,10,11). The van der Waals surface area contributed by atoms with Gasteiger partial charge in [-0.1, -0.05) is 11.6 Å². The lowest BCUT2D eigenvalue weighted by molar-refractivity contribution is -0.119. The molecule has 0 fully saturated rings. The van der Waals surface area contributed by atoms with Gasteiger partial charge in [-0.15, -0.1) is 11.6 Å². The van der Waals surface area contributed by atoms with E-state index in [1.54, 1.807) is 5.32 Å². The van der Waals surface area contributed by atoms with E-state index in [0.29, 0.717) is 0 Å². The Morgan fingerprint density at radius 1 is 1.64 bits per heavy atom. The third-order valence-corrected chi connectivity index (χ3v) is 1.93. The number of carbonyl (C=O) groups excluding carboxylic acids is 1. The van der Waals surface area contributed by atoms with Gasteiger partial charge in [-0.2, -0.15) is 4.39 Å². The molecule has 6 heteroatoms. The highest BCUT2D eigenvalue weighted by molar-refractivity contribution is 6.55. The molecule has 1 rings (SSSR count). The van der Waals surface area contributed by atoms with Crippen molar-refractivity contribution in [1.82, 2.24) is 5.32 Å². The minimum absolute atomic E-state index is 0.408. The third-order valence-electron chi connectivity index (χ3n) is 1.15. The molecule has 1 amide bonds. The van der Waals surface area contributed by atoms with Crippen molar-refractivity contribution in [1.29, 1.82) is 5.41 Å². The number of amides is 1. The molecule has 0 saturated heterocycles. The van der Waals surface area contributed by atoms with Gasteiger partial charge in [0, 0.05) is 0 Å². The summed E-state index contributed by atoms with van der Waals surface area (Å²) in [4.78, 5) is 10.6. The van der Waals surface area contributed by atoms with Crippen LogP contribution in [0.3, 0.4) is 0 Å². The quantitative estimate of drug-likeness (QED) is 0.443. The number of hydrogen-bond donors (Lipinski definition) is 2. The molecule has 1 aliphatic heterocycles. The van der Waals surface area contributed by atoms with Crippen molar-refractivity contribution >= 4 is 34.8 Å². The molecule has 0 aliphatic carbocycles. The number of carbonyl (C=O) groups is 1. The number of halogens is 3. The Bertz CT molecular complexity index is 263. The first kappa shape index (κ1) is 8.49. The van der Waals surface area contributed by atoms with Gasteiger partial charge < -0.3 is 5.41 Å². The molecule has 0 aromatic rings. The summed E-state index contributed by atoms with van der Waals surface area (Å²) >= 11 is 10.6. The summed E-state index contributed by atoms with van der Waals surface area (Å²) in [5.41, 5.74) is -0.408. The van der Waals surface area contributed by atoms with Gasteiger partial charge in [0.1, 0.15) is 5.03 Å². The summed E-state index contributed by atoms with van der Waals surface area (Å²) in [6.45, 7) is 0. The second-order valence-corrected chi connectivity index (χ2v) is 2.71. The van der Waals surface area contributed by atoms with Crippen LogP contribution in [0, 0.1) is 5.41 Å². The van der Waals surface area contributed by atoms with Crippen LogP contribution in [0.4, 0.5) is 4.39 Å². The Labute approximate surface area is 71.7 Å². The van der Waals surface area contributed by atoms with E-state index in [9.17, 15) is 9.18 Å². The second kappa shape index (κ2) is 2.79. The zero-order valence-electron chi connectivity index (χ0n) is 5.12. The van der Waals surface area contributed by atoms with E-state index in [1.807, 2.05) is 0 Å². The monoisotopic (exact) mass is 196 g/mol. The molecule has 1 aliphatic rings. The summed E-state index contributed by atoms with van der Waals surface area (Å²) in [5, 5.41) is 7.18. The molecule has 0 saturated carbocycles. The Kier molecular flexibility index (Phi) is 2.15. The maximum Gasteiger partial charge on any atom is 0.250 e. The van der Waals surface area contributed by atoms with Crippen LogP contribution in [0.1, 0.15) is 0 Å². The third kappa shape index (κ3) is 1.36. The van der Waals surface area contributed by atoms with E-state index in [2.05, 4.69) is 0 Å². The topological polar surface area (TPSA) is 53.0 Å². The van der Waals surface area contributed by atoms with Gasteiger partial charge >= 0.3 is 0 Å². The highest BCUT2D eigenvalue weighted by Crippen LogP contribution is 2.20. The molecule has 1 unspecified atom stereocenters. The minimum Gasteiger partial charge on any atom is -0.301 e. The Hall–Kier alpha value is -0.610. The average molecular weight is 197 g/mol. The normalized spacial score (nSPS) is 25.5. The number of nitrogens with one attached hydrogen (secondary N) is 2. The summed E-state index contributed by atoms with van der Waals surface area (Å²) in [6, 6.07) is 0. The molecule has 0 bridgehead atoms. The number of rotatable bonds is 0. The average Bonchev–Trinajstić information content (AvgIpc) is 1.97. The number of alkyl halides is 1. The predicted molar refractivity (Wildman–Crippen MR) is 39.5 cm³/mol. The molecule has 0 radical (unpaired) electrons.